The van der Waals surface area contributed by atoms with E-state index in [-0.39, 0.29) is 0 Å². The first kappa shape index (κ1) is 37.8. The van der Waals surface area contributed by atoms with Crippen molar-refractivity contribution in [1.29, 1.82) is 0 Å². The minimum absolute atomic E-state index is 1.08. The second-order valence-corrected chi connectivity index (χ2v) is 17.3. The number of anilines is 3. The largest absolute Gasteiger partial charge is 0.309 e. The summed E-state index contributed by atoms with van der Waals surface area (Å²) in [7, 11) is 0. The number of fused-ring (bicyclic) bond motifs is 8. The number of hydrogen-bond acceptors (Lipinski definition) is 1. The van der Waals surface area contributed by atoms with Crippen LogP contribution in [0.5, 0.6) is 0 Å². The van der Waals surface area contributed by atoms with Crippen LogP contribution in [0.2, 0.25) is 0 Å². The van der Waals surface area contributed by atoms with Crippen LogP contribution in [0.1, 0.15) is 0 Å². The number of aromatic nitrogens is 1. The fourth-order valence-corrected chi connectivity index (χ4v) is 10.4. The number of rotatable bonds is 7. The van der Waals surface area contributed by atoms with Gasteiger partial charge >= 0.3 is 0 Å². The summed E-state index contributed by atoms with van der Waals surface area (Å²) in [5.74, 6) is 0. The lowest BCUT2D eigenvalue weighted by Gasteiger charge is -2.30. The second kappa shape index (κ2) is 15.5. The quantitative estimate of drug-likeness (QED) is 0.155. The summed E-state index contributed by atoms with van der Waals surface area (Å²) < 4.78 is 2.45. The topological polar surface area (TPSA) is 8.17 Å². The third kappa shape index (κ3) is 6.26. The van der Waals surface area contributed by atoms with E-state index in [1.54, 1.807) is 0 Å². The molecule has 0 bridgehead atoms. The average molecular weight is 839 g/mol. The van der Waals surface area contributed by atoms with E-state index in [0.29, 0.717) is 0 Å². The Hall–Kier alpha value is -8.72. The van der Waals surface area contributed by atoms with Gasteiger partial charge in [0.15, 0.2) is 0 Å². The van der Waals surface area contributed by atoms with Crippen LogP contribution in [0.4, 0.5) is 17.1 Å². The lowest BCUT2D eigenvalue weighted by molar-refractivity contribution is 1.19. The van der Waals surface area contributed by atoms with Crippen LogP contribution >= 0.6 is 0 Å². The number of hydrogen-bond donors (Lipinski definition) is 0. The summed E-state index contributed by atoms with van der Waals surface area (Å²) in [5.41, 5.74) is 14.0. The monoisotopic (exact) mass is 838 g/mol. The number of para-hydroxylation sites is 2. The SMILES string of the molecule is c1cc(-c2ccc(N(c3ccccc3-c3ccc4ccccc4c3)c3ccc(-c4ccc5ccccc5c4)c4ccccc34)cc2)cc(-n2c3ccccc3c3ccc4ccccc4c32)c1. The van der Waals surface area contributed by atoms with Crippen molar-refractivity contribution in [1.82, 2.24) is 4.57 Å². The molecule has 0 aliphatic heterocycles. The summed E-state index contributed by atoms with van der Waals surface area (Å²) in [6.45, 7) is 0. The Labute approximate surface area is 383 Å². The highest BCUT2D eigenvalue weighted by Gasteiger charge is 2.21. The van der Waals surface area contributed by atoms with E-state index < -0.39 is 0 Å². The first-order chi connectivity index (χ1) is 32.7. The van der Waals surface area contributed by atoms with E-state index in [2.05, 4.69) is 264 Å². The summed E-state index contributed by atoms with van der Waals surface area (Å²) in [4.78, 5) is 2.46. The lowest BCUT2D eigenvalue weighted by Crippen LogP contribution is -2.12. The van der Waals surface area contributed by atoms with Crippen LogP contribution in [0, 0.1) is 0 Å². The van der Waals surface area contributed by atoms with Crippen LogP contribution in [-0.4, -0.2) is 4.57 Å². The molecule has 13 aromatic rings. The van der Waals surface area contributed by atoms with Crippen molar-refractivity contribution in [3.8, 4) is 39.1 Å². The Morgan fingerprint density at radius 1 is 0.273 bits per heavy atom. The van der Waals surface area contributed by atoms with Gasteiger partial charge in [0.25, 0.3) is 0 Å². The summed E-state index contributed by atoms with van der Waals surface area (Å²) in [6.07, 6.45) is 0. The third-order valence-electron chi connectivity index (χ3n) is 13.5. The van der Waals surface area contributed by atoms with Gasteiger partial charge in [0.1, 0.15) is 0 Å². The molecule has 0 atom stereocenters. The molecule has 0 radical (unpaired) electrons. The molecule has 13 rings (SSSR count). The Morgan fingerprint density at radius 2 is 0.848 bits per heavy atom. The molecule has 0 aliphatic carbocycles. The minimum atomic E-state index is 1.08. The Morgan fingerprint density at radius 3 is 1.61 bits per heavy atom. The van der Waals surface area contributed by atoms with E-state index >= 15 is 0 Å². The molecule has 0 unspecified atom stereocenters. The predicted molar refractivity (Wildman–Crippen MR) is 282 cm³/mol. The molecule has 0 aliphatic rings. The standard InChI is InChI=1S/C64H42N2/c1-3-17-47-40-50(30-28-43(47)14-1)54-38-39-63(58-24-8-7-23-57(54)58)65(61-26-11-9-21-55(61)51-31-29-44-15-2-4-18-48(44)41-51)52-35-32-45(33-36-52)49-19-13-20-53(42-49)66-62-27-12-10-25-59(62)60-37-34-46-16-5-6-22-56(46)64(60)66/h1-42H. The maximum Gasteiger partial charge on any atom is 0.0619 e. The summed E-state index contributed by atoms with van der Waals surface area (Å²) >= 11 is 0. The fraction of sp³-hybridized carbons (Fsp3) is 0. The Balaban J connectivity index is 0.970. The second-order valence-electron chi connectivity index (χ2n) is 17.3. The van der Waals surface area contributed by atoms with E-state index in [1.807, 2.05) is 0 Å². The molecular formula is C64H42N2. The van der Waals surface area contributed by atoms with Crippen molar-refractivity contribution in [2.75, 3.05) is 4.90 Å². The molecule has 0 fully saturated rings. The maximum atomic E-state index is 2.46. The highest BCUT2D eigenvalue weighted by atomic mass is 15.1. The van der Waals surface area contributed by atoms with Crippen molar-refractivity contribution >= 4 is 82.0 Å². The van der Waals surface area contributed by atoms with Crippen molar-refractivity contribution < 1.29 is 0 Å². The Kier molecular flexibility index (Phi) is 8.89. The fourth-order valence-electron chi connectivity index (χ4n) is 10.4. The van der Waals surface area contributed by atoms with Gasteiger partial charge in [0.05, 0.1) is 22.4 Å². The van der Waals surface area contributed by atoms with E-state index in [0.717, 1.165) is 28.3 Å². The molecule has 66 heavy (non-hydrogen) atoms. The van der Waals surface area contributed by atoms with Gasteiger partial charge in [-0.05, 0) is 115 Å². The highest BCUT2D eigenvalue weighted by Crippen LogP contribution is 2.46. The van der Waals surface area contributed by atoms with E-state index in [1.165, 1.54) is 92.7 Å². The van der Waals surface area contributed by atoms with Gasteiger partial charge in [0.2, 0.25) is 0 Å². The lowest BCUT2D eigenvalue weighted by atomic mass is 9.94. The van der Waals surface area contributed by atoms with Gasteiger partial charge in [0, 0.05) is 38.5 Å². The van der Waals surface area contributed by atoms with Gasteiger partial charge < -0.3 is 9.47 Å². The van der Waals surface area contributed by atoms with Gasteiger partial charge in [-0.2, -0.15) is 0 Å². The van der Waals surface area contributed by atoms with Crippen LogP contribution in [0.25, 0.3) is 104 Å². The van der Waals surface area contributed by atoms with E-state index in [4.69, 9.17) is 0 Å². The van der Waals surface area contributed by atoms with Gasteiger partial charge in [-0.15, -0.1) is 0 Å². The molecule has 0 saturated carbocycles. The predicted octanol–water partition coefficient (Wildman–Crippen LogP) is 17.9. The van der Waals surface area contributed by atoms with Crippen LogP contribution < -0.4 is 4.90 Å². The molecule has 0 saturated heterocycles. The first-order valence-electron chi connectivity index (χ1n) is 22.7. The van der Waals surface area contributed by atoms with Crippen LogP contribution in [0.3, 0.4) is 0 Å². The molecular weight excluding hydrogens is 797 g/mol. The molecule has 0 amide bonds. The molecule has 0 N–H and O–H groups in total. The van der Waals surface area contributed by atoms with Crippen molar-refractivity contribution in [3.05, 3.63) is 255 Å². The van der Waals surface area contributed by atoms with Gasteiger partial charge in [-0.1, -0.05) is 200 Å². The van der Waals surface area contributed by atoms with Crippen molar-refractivity contribution in [2.45, 2.75) is 0 Å². The molecule has 308 valence electrons. The zero-order chi connectivity index (χ0) is 43.6. The highest BCUT2D eigenvalue weighted by molar-refractivity contribution is 6.18. The zero-order valence-corrected chi connectivity index (χ0v) is 36.1. The molecule has 0 spiro atoms. The smallest absolute Gasteiger partial charge is 0.0619 e. The molecule has 2 heteroatoms. The minimum Gasteiger partial charge on any atom is -0.309 e. The molecule has 12 aromatic carbocycles. The molecule has 2 nitrogen and oxygen atoms in total. The molecule has 1 aromatic heterocycles. The third-order valence-corrected chi connectivity index (χ3v) is 13.5. The van der Waals surface area contributed by atoms with Gasteiger partial charge in [-0.25, -0.2) is 0 Å². The van der Waals surface area contributed by atoms with Gasteiger partial charge in [-0.3, -0.25) is 0 Å². The number of nitrogens with zero attached hydrogens (tertiary/aromatic N) is 2. The summed E-state index contributed by atoms with van der Waals surface area (Å²) in [6, 6.07) is 93.4. The average Bonchev–Trinajstić information content (AvgIpc) is 3.74. The van der Waals surface area contributed by atoms with E-state index in [9.17, 15) is 0 Å². The molecule has 1 heterocycles. The normalized spacial score (nSPS) is 11.6. The summed E-state index contributed by atoms with van der Waals surface area (Å²) in [5, 5.41) is 12.4. The number of benzene rings is 12. The van der Waals surface area contributed by atoms with Crippen molar-refractivity contribution in [3.63, 3.8) is 0 Å². The van der Waals surface area contributed by atoms with Crippen molar-refractivity contribution in [2.24, 2.45) is 0 Å². The maximum absolute atomic E-state index is 2.46. The van der Waals surface area contributed by atoms with Crippen LogP contribution in [-0.2, 0) is 0 Å². The Bertz CT molecular complexity index is 4010. The van der Waals surface area contributed by atoms with Crippen LogP contribution in [0.15, 0.2) is 255 Å². The first-order valence-corrected chi connectivity index (χ1v) is 22.7. The zero-order valence-electron chi connectivity index (χ0n) is 36.1.